The van der Waals surface area contributed by atoms with Crippen LogP contribution in [0.25, 0.3) is 0 Å². The molecule has 1 aromatic carbocycles. The standard InChI is InChI=1S/C15H25NO3/c1-10(2)8-15(4,19)9-16-11(3)13-6-5-12(17)7-14(13)18/h5-7,10-11,16-19H,8-9H2,1-4H3. The Hall–Kier alpha value is -1.26. The lowest BCUT2D eigenvalue weighted by Crippen LogP contribution is -2.39. The third kappa shape index (κ3) is 5.09. The first kappa shape index (κ1) is 15.8. The van der Waals surface area contributed by atoms with Crippen LogP contribution in [0.2, 0.25) is 0 Å². The second-order valence-electron chi connectivity index (χ2n) is 5.94. The fourth-order valence-electron chi connectivity index (χ4n) is 2.33. The molecule has 0 aliphatic carbocycles. The minimum Gasteiger partial charge on any atom is -0.508 e. The third-order valence-electron chi connectivity index (χ3n) is 3.12. The van der Waals surface area contributed by atoms with Gasteiger partial charge in [-0.05, 0) is 32.3 Å². The van der Waals surface area contributed by atoms with E-state index in [0.717, 1.165) is 0 Å². The van der Waals surface area contributed by atoms with Crippen LogP contribution in [-0.4, -0.2) is 27.5 Å². The molecule has 0 saturated heterocycles. The average Bonchev–Trinajstić information content (AvgIpc) is 2.24. The molecule has 0 aromatic heterocycles. The van der Waals surface area contributed by atoms with Gasteiger partial charge in [-0.3, -0.25) is 0 Å². The monoisotopic (exact) mass is 267 g/mol. The van der Waals surface area contributed by atoms with Crippen LogP contribution in [0.15, 0.2) is 18.2 Å². The van der Waals surface area contributed by atoms with Crippen LogP contribution in [0, 0.1) is 5.92 Å². The highest BCUT2D eigenvalue weighted by atomic mass is 16.3. The van der Waals surface area contributed by atoms with Crippen LogP contribution in [0.3, 0.4) is 0 Å². The molecule has 0 spiro atoms. The molecule has 0 aliphatic rings. The summed E-state index contributed by atoms with van der Waals surface area (Å²) < 4.78 is 0. The lowest BCUT2D eigenvalue weighted by Gasteiger charge is -2.28. The number of hydrogen-bond acceptors (Lipinski definition) is 4. The first-order valence-electron chi connectivity index (χ1n) is 6.69. The van der Waals surface area contributed by atoms with Gasteiger partial charge >= 0.3 is 0 Å². The summed E-state index contributed by atoms with van der Waals surface area (Å²) in [6.45, 7) is 8.32. The minimum absolute atomic E-state index is 0.0419. The van der Waals surface area contributed by atoms with Crippen molar-refractivity contribution < 1.29 is 15.3 Å². The van der Waals surface area contributed by atoms with Gasteiger partial charge in [-0.2, -0.15) is 0 Å². The molecule has 1 aromatic rings. The molecular formula is C15H25NO3. The number of aromatic hydroxyl groups is 2. The van der Waals surface area contributed by atoms with Crippen molar-refractivity contribution in [2.24, 2.45) is 5.92 Å². The van der Waals surface area contributed by atoms with E-state index < -0.39 is 5.60 Å². The lowest BCUT2D eigenvalue weighted by molar-refractivity contribution is 0.0363. The van der Waals surface area contributed by atoms with Crippen molar-refractivity contribution in [3.63, 3.8) is 0 Å². The van der Waals surface area contributed by atoms with E-state index in [1.807, 2.05) is 13.8 Å². The van der Waals surface area contributed by atoms with Gasteiger partial charge in [0.25, 0.3) is 0 Å². The Balaban J connectivity index is 2.62. The zero-order chi connectivity index (χ0) is 14.6. The molecule has 4 heteroatoms. The maximum atomic E-state index is 10.2. The predicted molar refractivity (Wildman–Crippen MR) is 76.3 cm³/mol. The molecule has 0 radical (unpaired) electrons. The summed E-state index contributed by atoms with van der Waals surface area (Å²) in [5.41, 5.74) is -0.0623. The van der Waals surface area contributed by atoms with Gasteiger partial charge in [0.2, 0.25) is 0 Å². The van der Waals surface area contributed by atoms with E-state index in [-0.39, 0.29) is 17.5 Å². The van der Waals surface area contributed by atoms with E-state index in [1.54, 1.807) is 12.1 Å². The van der Waals surface area contributed by atoms with Gasteiger partial charge in [-0.25, -0.2) is 0 Å². The minimum atomic E-state index is -0.769. The van der Waals surface area contributed by atoms with E-state index in [4.69, 9.17) is 0 Å². The second kappa shape index (κ2) is 6.26. The Morgan fingerprint density at radius 3 is 2.37 bits per heavy atom. The van der Waals surface area contributed by atoms with E-state index in [9.17, 15) is 15.3 Å². The van der Waals surface area contributed by atoms with Crippen molar-refractivity contribution >= 4 is 0 Å². The van der Waals surface area contributed by atoms with Crippen molar-refractivity contribution in [1.29, 1.82) is 0 Å². The molecule has 0 heterocycles. The molecule has 2 atom stereocenters. The van der Waals surface area contributed by atoms with Gasteiger partial charge in [-0.15, -0.1) is 0 Å². The van der Waals surface area contributed by atoms with E-state index in [1.165, 1.54) is 6.07 Å². The number of rotatable bonds is 6. The van der Waals surface area contributed by atoms with Crippen molar-refractivity contribution in [3.8, 4) is 11.5 Å². The smallest absolute Gasteiger partial charge is 0.124 e. The van der Waals surface area contributed by atoms with Gasteiger partial charge in [0.1, 0.15) is 11.5 Å². The summed E-state index contributed by atoms with van der Waals surface area (Å²) in [5.74, 6) is 0.526. The van der Waals surface area contributed by atoms with Crippen molar-refractivity contribution in [3.05, 3.63) is 23.8 Å². The second-order valence-corrected chi connectivity index (χ2v) is 5.94. The van der Waals surface area contributed by atoms with Crippen molar-refractivity contribution in [2.75, 3.05) is 6.54 Å². The highest BCUT2D eigenvalue weighted by molar-refractivity contribution is 5.40. The molecule has 19 heavy (non-hydrogen) atoms. The van der Waals surface area contributed by atoms with Crippen LogP contribution >= 0.6 is 0 Å². The highest BCUT2D eigenvalue weighted by Gasteiger charge is 2.23. The van der Waals surface area contributed by atoms with Crippen molar-refractivity contribution in [2.45, 2.75) is 45.8 Å². The summed E-state index contributed by atoms with van der Waals surface area (Å²) in [6, 6.07) is 4.44. The number of phenols is 2. The fraction of sp³-hybridized carbons (Fsp3) is 0.600. The first-order chi connectivity index (χ1) is 8.71. The Labute approximate surface area is 115 Å². The lowest BCUT2D eigenvalue weighted by atomic mass is 9.94. The van der Waals surface area contributed by atoms with Crippen LogP contribution < -0.4 is 5.32 Å². The predicted octanol–water partition coefficient (Wildman–Crippen LogP) is 2.55. The van der Waals surface area contributed by atoms with Crippen LogP contribution in [0.4, 0.5) is 0 Å². The SMILES string of the molecule is CC(C)CC(C)(O)CNC(C)c1ccc(O)cc1O. The van der Waals surface area contributed by atoms with Gasteiger partial charge in [0.05, 0.1) is 5.60 Å². The largest absolute Gasteiger partial charge is 0.508 e. The highest BCUT2D eigenvalue weighted by Crippen LogP contribution is 2.28. The molecule has 4 N–H and O–H groups in total. The number of hydrogen-bond donors (Lipinski definition) is 4. The van der Waals surface area contributed by atoms with Gasteiger partial charge in [-0.1, -0.05) is 19.9 Å². The van der Waals surface area contributed by atoms with E-state index in [2.05, 4.69) is 19.2 Å². The number of phenolic OH excluding ortho intramolecular Hbond substituents is 2. The zero-order valence-corrected chi connectivity index (χ0v) is 12.1. The summed E-state index contributed by atoms with van der Waals surface area (Å²) in [5, 5.41) is 32.5. The maximum Gasteiger partial charge on any atom is 0.124 e. The Kier molecular flexibility index (Phi) is 5.20. The average molecular weight is 267 g/mol. The molecule has 2 unspecified atom stereocenters. The van der Waals surface area contributed by atoms with E-state index in [0.29, 0.717) is 24.4 Å². The molecule has 0 aliphatic heterocycles. The molecular weight excluding hydrogens is 242 g/mol. The Morgan fingerprint density at radius 1 is 1.21 bits per heavy atom. The summed E-state index contributed by atoms with van der Waals surface area (Å²) in [4.78, 5) is 0. The van der Waals surface area contributed by atoms with Crippen molar-refractivity contribution in [1.82, 2.24) is 5.32 Å². The van der Waals surface area contributed by atoms with Crippen LogP contribution in [0.1, 0.15) is 45.7 Å². The quantitative estimate of drug-likeness (QED) is 0.639. The molecule has 0 bridgehead atoms. The maximum absolute atomic E-state index is 10.2. The molecule has 1 rings (SSSR count). The van der Waals surface area contributed by atoms with Crippen LogP contribution in [0.5, 0.6) is 11.5 Å². The Morgan fingerprint density at radius 2 is 1.84 bits per heavy atom. The summed E-state index contributed by atoms with van der Waals surface area (Å²) >= 11 is 0. The van der Waals surface area contributed by atoms with Crippen LogP contribution in [-0.2, 0) is 0 Å². The number of nitrogens with one attached hydrogen (secondary N) is 1. The third-order valence-corrected chi connectivity index (χ3v) is 3.12. The number of aliphatic hydroxyl groups is 1. The molecule has 108 valence electrons. The molecule has 0 fully saturated rings. The summed E-state index contributed by atoms with van der Waals surface area (Å²) in [7, 11) is 0. The normalized spacial score (nSPS) is 16.3. The zero-order valence-electron chi connectivity index (χ0n) is 12.1. The first-order valence-corrected chi connectivity index (χ1v) is 6.69. The van der Waals surface area contributed by atoms with E-state index >= 15 is 0 Å². The Bertz CT molecular complexity index is 416. The fourth-order valence-corrected chi connectivity index (χ4v) is 2.33. The molecule has 0 amide bonds. The summed E-state index contributed by atoms with van der Waals surface area (Å²) in [6.07, 6.45) is 0.717. The molecule has 4 nitrogen and oxygen atoms in total. The van der Waals surface area contributed by atoms with Gasteiger partial charge in [0, 0.05) is 24.2 Å². The van der Waals surface area contributed by atoms with Gasteiger partial charge < -0.3 is 20.6 Å². The molecule has 0 saturated carbocycles. The topological polar surface area (TPSA) is 72.7 Å². The number of benzene rings is 1. The van der Waals surface area contributed by atoms with Gasteiger partial charge in [0.15, 0.2) is 0 Å².